The third kappa shape index (κ3) is 4.70. The van der Waals surface area contributed by atoms with E-state index < -0.39 is 0 Å². The molecule has 1 saturated heterocycles. The Labute approximate surface area is 131 Å². The van der Waals surface area contributed by atoms with Crippen LogP contribution < -0.4 is 5.73 Å². The number of benzene rings is 1. The molecular weight excluding hydrogens is 288 g/mol. The minimum atomic E-state index is 0.0346. The number of nitrogens with two attached hydrogens (primary N) is 1. The Balaban J connectivity index is 1.78. The van der Waals surface area contributed by atoms with Gasteiger partial charge in [-0.2, -0.15) is 0 Å². The molecule has 1 heterocycles. The fraction of sp³-hybridized carbons (Fsp3) is 0.562. The topological polar surface area (TPSA) is 55.6 Å². The third-order valence-corrected chi connectivity index (χ3v) is 4.36. The summed E-state index contributed by atoms with van der Waals surface area (Å²) in [5, 5.41) is 0.667. The lowest BCUT2D eigenvalue weighted by Crippen LogP contribution is -2.46. The van der Waals surface area contributed by atoms with E-state index >= 15 is 0 Å². The van der Waals surface area contributed by atoms with Crippen molar-refractivity contribution in [3.05, 3.63) is 34.9 Å². The van der Waals surface area contributed by atoms with Crippen LogP contribution in [0.2, 0.25) is 5.02 Å². The molecule has 21 heavy (non-hydrogen) atoms. The van der Waals surface area contributed by atoms with Crippen molar-refractivity contribution in [3.8, 4) is 0 Å². The summed E-state index contributed by atoms with van der Waals surface area (Å²) < 4.78 is 5.50. The highest BCUT2D eigenvalue weighted by Gasteiger charge is 2.25. The van der Waals surface area contributed by atoms with E-state index in [2.05, 4.69) is 0 Å². The Morgan fingerprint density at radius 2 is 2.29 bits per heavy atom. The lowest BCUT2D eigenvalue weighted by molar-refractivity contribution is -0.138. The summed E-state index contributed by atoms with van der Waals surface area (Å²) in [4.78, 5) is 14.0. The molecule has 0 aliphatic carbocycles. The van der Waals surface area contributed by atoms with Gasteiger partial charge in [0.25, 0.3) is 0 Å². The van der Waals surface area contributed by atoms with Gasteiger partial charge in [-0.3, -0.25) is 4.79 Å². The van der Waals surface area contributed by atoms with Gasteiger partial charge in [0.15, 0.2) is 0 Å². The van der Waals surface area contributed by atoms with E-state index in [4.69, 9.17) is 22.1 Å². The first kappa shape index (κ1) is 16.3. The maximum Gasteiger partial charge on any atom is 0.248 e. The largest absolute Gasteiger partial charge is 0.367 e. The molecule has 2 N–H and O–H groups in total. The lowest BCUT2D eigenvalue weighted by Gasteiger charge is -2.34. The highest BCUT2D eigenvalue weighted by atomic mass is 35.5. The minimum absolute atomic E-state index is 0.0346. The monoisotopic (exact) mass is 310 g/mol. The highest BCUT2D eigenvalue weighted by molar-refractivity contribution is 6.31. The zero-order valence-corrected chi connectivity index (χ0v) is 13.2. The number of hydrogen-bond donors (Lipinski definition) is 1. The van der Waals surface area contributed by atoms with Crippen LogP contribution in [0.1, 0.15) is 25.3 Å². The summed E-state index contributed by atoms with van der Waals surface area (Å²) in [6, 6.07) is 7.63. The van der Waals surface area contributed by atoms with Crippen LogP contribution in [0.3, 0.4) is 0 Å². The predicted octanol–water partition coefficient (Wildman–Crippen LogP) is 2.44. The fourth-order valence-corrected chi connectivity index (χ4v) is 2.81. The fourth-order valence-electron chi connectivity index (χ4n) is 2.62. The van der Waals surface area contributed by atoms with E-state index in [1.165, 1.54) is 0 Å². The summed E-state index contributed by atoms with van der Waals surface area (Å²) in [7, 11) is 0. The second-order valence-corrected chi connectivity index (χ2v) is 6.09. The van der Waals surface area contributed by atoms with Crippen molar-refractivity contribution in [3.63, 3.8) is 0 Å². The maximum atomic E-state index is 12.2. The minimum Gasteiger partial charge on any atom is -0.367 e. The van der Waals surface area contributed by atoms with Gasteiger partial charge < -0.3 is 15.4 Å². The summed E-state index contributed by atoms with van der Waals surface area (Å²) in [6.45, 7) is 4.00. The van der Waals surface area contributed by atoms with Crippen LogP contribution in [0.5, 0.6) is 0 Å². The molecule has 2 rings (SSSR count). The molecule has 0 bridgehead atoms. The van der Waals surface area contributed by atoms with Crippen molar-refractivity contribution in [2.75, 3.05) is 19.7 Å². The van der Waals surface area contributed by atoms with Gasteiger partial charge in [0.2, 0.25) is 5.91 Å². The molecule has 0 saturated carbocycles. The van der Waals surface area contributed by atoms with E-state index in [1.807, 2.05) is 36.1 Å². The Kier molecular flexibility index (Phi) is 6.03. The average Bonchev–Trinajstić information content (AvgIpc) is 2.49. The second-order valence-electron chi connectivity index (χ2n) is 5.69. The van der Waals surface area contributed by atoms with Crippen molar-refractivity contribution < 1.29 is 9.53 Å². The first-order valence-corrected chi connectivity index (χ1v) is 7.80. The van der Waals surface area contributed by atoms with E-state index in [1.54, 1.807) is 0 Å². The van der Waals surface area contributed by atoms with Crippen molar-refractivity contribution in [2.24, 2.45) is 11.7 Å². The van der Waals surface area contributed by atoms with Crippen LogP contribution in [-0.2, 0) is 16.1 Å². The Bertz CT molecular complexity index is 479. The molecule has 0 aromatic heterocycles. The predicted molar refractivity (Wildman–Crippen MR) is 84.1 cm³/mol. The summed E-state index contributed by atoms with van der Waals surface area (Å²) >= 11 is 6.05. The van der Waals surface area contributed by atoms with Crippen LogP contribution in [0, 0.1) is 5.92 Å². The van der Waals surface area contributed by atoms with Crippen molar-refractivity contribution in [2.45, 2.75) is 32.4 Å². The number of rotatable bonds is 5. The van der Waals surface area contributed by atoms with E-state index in [0.717, 1.165) is 31.5 Å². The zero-order valence-electron chi connectivity index (χ0n) is 12.4. The van der Waals surface area contributed by atoms with Gasteiger partial charge in [0, 0.05) is 24.2 Å². The summed E-state index contributed by atoms with van der Waals surface area (Å²) in [5.41, 5.74) is 6.84. The Hall–Kier alpha value is -1.10. The molecular formula is C16H23ClN2O2. The molecule has 1 aliphatic rings. The first-order chi connectivity index (χ1) is 10.1. The number of amides is 1. The molecule has 1 fully saturated rings. The first-order valence-electron chi connectivity index (χ1n) is 7.42. The maximum absolute atomic E-state index is 12.2. The van der Waals surface area contributed by atoms with E-state index in [0.29, 0.717) is 17.5 Å². The number of piperidine rings is 1. The van der Waals surface area contributed by atoms with Crippen molar-refractivity contribution in [1.82, 2.24) is 4.90 Å². The Morgan fingerprint density at radius 3 is 3.00 bits per heavy atom. The van der Waals surface area contributed by atoms with Crippen molar-refractivity contribution in [1.29, 1.82) is 0 Å². The molecule has 116 valence electrons. The van der Waals surface area contributed by atoms with Crippen LogP contribution >= 0.6 is 11.6 Å². The number of nitrogens with zero attached hydrogens (tertiary/aromatic N) is 1. The molecule has 0 spiro atoms. The molecule has 2 unspecified atom stereocenters. The molecule has 0 radical (unpaired) electrons. The number of carbonyl (C=O) groups is 1. The molecule has 2 atom stereocenters. The van der Waals surface area contributed by atoms with Gasteiger partial charge in [-0.15, -0.1) is 0 Å². The van der Waals surface area contributed by atoms with Crippen LogP contribution in [0.4, 0.5) is 0 Å². The number of carbonyl (C=O) groups excluding carboxylic acids is 1. The molecule has 4 nitrogen and oxygen atoms in total. The number of likely N-dealkylation sites (tertiary alicyclic amines) is 1. The van der Waals surface area contributed by atoms with Gasteiger partial charge >= 0.3 is 0 Å². The normalized spacial score (nSPS) is 20.3. The third-order valence-electron chi connectivity index (χ3n) is 4.00. The average molecular weight is 311 g/mol. The molecule has 1 amide bonds. The van der Waals surface area contributed by atoms with Gasteiger partial charge in [0.05, 0.1) is 6.61 Å². The van der Waals surface area contributed by atoms with Crippen LogP contribution in [-0.4, -0.2) is 36.5 Å². The number of ether oxygens (including phenoxy) is 1. The van der Waals surface area contributed by atoms with E-state index in [9.17, 15) is 4.79 Å². The number of hydrogen-bond acceptors (Lipinski definition) is 3. The molecule has 1 aromatic rings. The molecule has 1 aromatic carbocycles. The summed E-state index contributed by atoms with van der Waals surface area (Å²) in [5.74, 6) is 0.429. The van der Waals surface area contributed by atoms with Crippen molar-refractivity contribution >= 4 is 17.5 Å². The van der Waals surface area contributed by atoms with Gasteiger partial charge in [-0.05, 0) is 37.3 Å². The van der Waals surface area contributed by atoms with Crippen LogP contribution in [0.25, 0.3) is 0 Å². The Morgan fingerprint density at radius 1 is 1.52 bits per heavy atom. The smallest absolute Gasteiger partial charge is 0.248 e. The van der Waals surface area contributed by atoms with Crippen LogP contribution in [0.15, 0.2) is 24.3 Å². The zero-order chi connectivity index (χ0) is 15.2. The second kappa shape index (κ2) is 7.78. The number of halogens is 1. The van der Waals surface area contributed by atoms with Gasteiger partial charge in [0.1, 0.15) is 6.61 Å². The summed E-state index contributed by atoms with van der Waals surface area (Å²) in [6.07, 6.45) is 2.12. The van der Waals surface area contributed by atoms with E-state index in [-0.39, 0.29) is 18.6 Å². The molecule has 5 heteroatoms. The lowest BCUT2D eigenvalue weighted by atomic mass is 9.92. The SMILES string of the molecule is CC(N)C1CCCN(C(=O)COCc2ccccc2Cl)C1. The quantitative estimate of drug-likeness (QED) is 0.909. The van der Waals surface area contributed by atoms with Gasteiger partial charge in [-0.25, -0.2) is 0 Å². The highest BCUT2D eigenvalue weighted by Crippen LogP contribution is 2.19. The van der Waals surface area contributed by atoms with Gasteiger partial charge in [-0.1, -0.05) is 29.8 Å². The molecule has 1 aliphatic heterocycles. The standard InChI is InChI=1S/C16H23ClN2O2/c1-12(18)13-6-4-8-19(9-13)16(20)11-21-10-14-5-2-3-7-15(14)17/h2-3,5,7,12-13H,4,6,8-11,18H2,1H3.